The first-order chi connectivity index (χ1) is 37.6. The molecule has 0 aromatic carbocycles. The summed E-state index contributed by atoms with van der Waals surface area (Å²) in [4.78, 5) is 111. The molecule has 28 nitrogen and oxygen atoms in total. The maximum absolute atomic E-state index is 13.2. The Labute approximate surface area is 459 Å². The third kappa shape index (κ3) is 51.6. The SMILES string of the molecule is CC(C)(C)OC(=O)CCC(=O)NCCOCCOCCNC(=O)CCC(=O)NCCOCCOCCNC(=O)[C@H](CCCCNC(=O)CCC(=O)NCCOCCOCCN)NC(=O)CCC(=O)NCCOCCOCCN. The second-order valence-electron chi connectivity index (χ2n) is 18.1. The van der Waals surface area contributed by atoms with Crippen molar-refractivity contribution in [2.24, 2.45) is 11.5 Å². The Kier molecular flexibility index (Phi) is 47.9. The number of hydrogen-bond donors (Lipinski definition) is 10. The minimum Gasteiger partial charge on any atom is -0.460 e. The Balaban J connectivity index is 4.34. The molecule has 0 aromatic heterocycles. The van der Waals surface area contributed by atoms with Gasteiger partial charge in [0.2, 0.25) is 47.3 Å². The largest absolute Gasteiger partial charge is 0.460 e. The average Bonchev–Trinajstić information content (AvgIpc) is 3.39. The van der Waals surface area contributed by atoms with E-state index in [1.807, 2.05) is 0 Å². The second kappa shape index (κ2) is 51.3. The Hall–Kier alpha value is -5.17. The highest BCUT2D eigenvalue weighted by Crippen LogP contribution is 2.09. The van der Waals surface area contributed by atoms with Crippen LogP contribution in [0.2, 0.25) is 0 Å². The van der Waals surface area contributed by atoms with Gasteiger partial charge in [-0.25, -0.2) is 0 Å². The normalized spacial score (nSPS) is 11.5. The van der Waals surface area contributed by atoms with Crippen LogP contribution in [0.1, 0.15) is 91.4 Å². The van der Waals surface area contributed by atoms with Gasteiger partial charge in [-0.05, 0) is 40.0 Å². The van der Waals surface area contributed by atoms with Crippen LogP contribution in [0, 0.1) is 0 Å². The van der Waals surface area contributed by atoms with Crippen LogP contribution in [0.4, 0.5) is 0 Å². The molecule has 0 rings (SSSR count). The summed E-state index contributed by atoms with van der Waals surface area (Å²) in [6, 6.07) is -0.921. The molecule has 0 spiro atoms. The van der Waals surface area contributed by atoms with Crippen molar-refractivity contribution in [3.63, 3.8) is 0 Å². The maximum Gasteiger partial charge on any atom is 0.306 e. The van der Waals surface area contributed by atoms with Gasteiger partial charge in [-0.15, -0.1) is 0 Å². The highest BCUT2D eigenvalue weighted by atomic mass is 16.6. The number of hydrogen-bond acceptors (Lipinski definition) is 20. The number of esters is 1. The van der Waals surface area contributed by atoms with Gasteiger partial charge in [0.15, 0.2) is 0 Å². The quantitative estimate of drug-likeness (QED) is 0.0214. The summed E-state index contributed by atoms with van der Waals surface area (Å²) >= 11 is 0. The molecule has 452 valence electrons. The Morgan fingerprint density at radius 3 is 0.949 bits per heavy atom. The van der Waals surface area contributed by atoms with Crippen LogP contribution in [0.25, 0.3) is 0 Å². The third-order valence-corrected chi connectivity index (χ3v) is 10.0. The summed E-state index contributed by atoms with van der Waals surface area (Å²) < 4.78 is 48.2. The van der Waals surface area contributed by atoms with Crippen molar-refractivity contribution in [2.45, 2.75) is 103 Å². The van der Waals surface area contributed by atoms with E-state index in [0.717, 1.165) is 0 Å². The van der Waals surface area contributed by atoms with Gasteiger partial charge in [-0.3, -0.25) is 43.2 Å². The molecule has 12 N–H and O–H groups in total. The molecule has 28 heteroatoms. The van der Waals surface area contributed by atoms with E-state index in [0.29, 0.717) is 85.3 Å². The smallest absolute Gasteiger partial charge is 0.306 e. The van der Waals surface area contributed by atoms with Crippen molar-refractivity contribution in [2.75, 3.05) is 165 Å². The summed E-state index contributed by atoms with van der Waals surface area (Å²) in [5.74, 6) is -3.20. The monoisotopic (exact) mass is 1120 g/mol. The zero-order chi connectivity index (χ0) is 57.8. The molecular weight excluding hydrogens is 1030 g/mol. The number of nitrogens with two attached hydrogens (primary N) is 2. The van der Waals surface area contributed by atoms with Crippen molar-refractivity contribution in [3.8, 4) is 0 Å². The number of carbonyl (C=O) groups is 9. The van der Waals surface area contributed by atoms with Crippen molar-refractivity contribution < 1.29 is 85.8 Å². The minimum absolute atomic E-state index is 0.00156. The first kappa shape index (κ1) is 72.8. The van der Waals surface area contributed by atoms with Gasteiger partial charge in [0.05, 0.1) is 112 Å². The van der Waals surface area contributed by atoms with Crippen molar-refractivity contribution in [1.82, 2.24) is 42.5 Å². The fourth-order valence-electron chi connectivity index (χ4n) is 6.19. The lowest BCUT2D eigenvalue weighted by molar-refractivity contribution is -0.155. The molecule has 0 fully saturated rings. The molecule has 8 amide bonds. The van der Waals surface area contributed by atoms with Gasteiger partial charge in [-0.1, -0.05) is 0 Å². The first-order valence-electron chi connectivity index (χ1n) is 27.0. The molecule has 78 heavy (non-hydrogen) atoms. The molecule has 0 unspecified atom stereocenters. The average molecular weight is 1120 g/mol. The number of amides is 8. The topological polar surface area (TPSA) is 385 Å². The van der Waals surface area contributed by atoms with E-state index < -0.39 is 29.4 Å². The molecular formula is C50H94N10O18. The Morgan fingerprint density at radius 1 is 0.346 bits per heavy atom. The van der Waals surface area contributed by atoms with Crippen molar-refractivity contribution >= 4 is 53.2 Å². The van der Waals surface area contributed by atoms with Gasteiger partial charge in [-0.2, -0.15) is 0 Å². The molecule has 0 aromatic rings. The summed E-state index contributed by atoms with van der Waals surface area (Å²) in [5, 5.41) is 21.6. The summed E-state index contributed by atoms with van der Waals surface area (Å²) in [7, 11) is 0. The fourth-order valence-corrected chi connectivity index (χ4v) is 6.19. The lowest BCUT2D eigenvalue weighted by Crippen LogP contribution is -2.47. The van der Waals surface area contributed by atoms with Crippen molar-refractivity contribution in [3.05, 3.63) is 0 Å². The molecule has 0 aliphatic heterocycles. The van der Waals surface area contributed by atoms with E-state index in [4.69, 9.17) is 54.1 Å². The van der Waals surface area contributed by atoms with Gasteiger partial charge < -0.3 is 96.6 Å². The molecule has 0 aliphatic carbocycles. The minimum atomic E-state index is -0.921. The molecule has 1 atom stereocenters. The molecule has 0 saturated carbocycles. The van der Waals surface area contributed by atoms with E-state index in [1.165, 1.54) is 0 Å². The number of ether oxygens (including phenoxy) is 9. The van der Waals surface area contributed by atoms with E-state index in [9.17, 15) is 43.2 Å². The standard InChI is InChI=1S/C50H94N10O18/c1-50(2,3)78-48(68)14-13-46(66)58-22-30-76-37-36-74-28-19-55-43(63)9-10-44(64)56-20-29-75-38-39-77-31-23-59-49(69)40(60-47(67)12-11-45(65)57-21-27-73-35-33-71-25-16-52)6-4-5-17-53-41(61)7-8-42(62)54-18-26-72-34-32-70-24-15-51/h40H,4-39,51-52H2,1-3H3,(H,53,61)(H,54,62)(H,55,63)(H,56,64)(H,57,65)(H,58,66)(H,59,69)(H,60,67)/t40-/m0/s1. The Bertz CT molecular complexity index is 1650. The number of rotatable bonds is 53. The summed E-state index contributed by atoms with van der Waals surface area (Å²) in [6.45, 7) is 12.7. The fraction of sp³-hybridized carbons (Fsp3) is 0.820. The van der Waals surface area contributed by atoms with Crippen LogP contribution in [-0.4, -0.2) is 229 Å². The van der Waals surface area contributed by atoms with E-state index in [-0.39, 0.29) is 185 Å². The maximum atomic E-state index is 13.2. The molecule has 0 heterocycles. The van der Waals surface area contributed by atoms with Crippen LogP contribution in [-0.2, 0) is 85.8 Å². The predicted molar refractivity (Wildman–Crippen MR) is 284 cm³/mol. The van der Waals surface area contributed by atoms with Crippen LogP contribution in [0.5, 0.6) is 0 Å². The molecule has 0 radical (unpaired) electrons. The number of unbranched alkanes of at least 4 members (excludes halogenated alkanes) is 1. The zero-order valence-electron chi connectivity index (χ0n) is 46.5. The van der Waals surface area contributed by atoms with Crippen LogP contribution in [0.15, 0.2) is 0 Å². The van der Waals surface area contributed by atoms with Gasteiger partial charge in [0.1, 0.15) is 11.6 Å². The van der Waals surface area contributed by atoms with E-state index in [1.54, 1.807) is 20.8 Å². The van der Waals surface area contributed by atoms with Gasteiger partial charge in [0, 0.05) is 104 Å². The van der Waals surface area contributed by atoms with Crippen LogP contribution < -0.4 is 54.0 Å². The van der Waals surface area contributed by atoms with Gasteiger partial charge in [0.25, 0.3) is 0 Å². The predicted octanol–water partition coefficient (Wildman–Crippen LogP) is -3.03. The molecule has 0 saturated heterocycles. The highest BCUT2D eigenvalue weighted by Gasteiger charge is 2.21. The lowest BCUT2D eigenvalue weighted by Gasteiger charge is -2.19. The number of nitrogens with one attached hydrogen (secondary N) is 8. The van der Waals surface area contributed by atoms with Crippen LogP contribution >= 0.6 is 0 Å². The van der Waals surface area contributed by atoms with E-state index in [2.05, 4.69) is 42.5 Å². The molecule has 0 aliphatic rings. The lowest BCUT2D eigenvalue weighted by atomic mass is 10.1. The van der Waals surface area contributed by atoms with Crippen LogP contribution in [0.3, 0.4) is 0 Å². The summed E-state index contributed by atoms with van der Waals surface area (Å²) in [6.07, 6.45) is 0.969. The second-order valence-corrected chi connectivity index (χ2v) is 18.1. The Morgan fingerprint density at radius 2 is 0.628 bits per heavy atom. The van der Waals surface area contributed by atoms with E-state index >= 15 is 0 Å². The highest BCUT2D eigenvalue weighted by molar-refractivity contribution is 5.89. The molecule has 0 bridgehead atoms. The van der Waals surface area contributed by atoms with Gasteiger partial charge >= 0.3 is 5.97 Å². The van der Waals surface area contributed by atoms with Crippen molar-refractivity contribution in [1.29, 1.82) is 0 Å². The third-order valence-electron chi connectivity index (χ3n) is 10.0. The number of carbonyl (C=O) groups excluding carboxylic acids is 9. The first-order valence-corrected chi connectivity index (χ1v) is 27.0. The zero-order valence-corrected chi connectivity index (χ0v) is 46.5. The summed E-state index contributed by atoms with van der Waals surface area (Å²) in [5.41, 5.74) is 10.1.